The molecule has 3 heteroatoms. The Morgan fingerprint density at radius 2 is 1.87 bits per heavy atom. The van der Waals surface area contributed by atoms with Crippen molar-refractivity contribution in [3.8, 4) is 5.75 Å². The number of benzene rings is 2. The molecule has 0 aromatic heterocycles. The highest BCUT2D eigenvalue weighted by Gasteiger charge is 2.27. The van der Waals surface area contributed by atoms with E-state index in [1.165, 1.54) is 24.6 Å². The molecule has 2 aromatic rings. The Morgan fingerprint density at radius 3 is 2.65 bits per heavy atom. The molecule has 122 valence electrons. The zero-order valence-electron chi connectivity index (χ0n) is 14.0. The molecule has 0 aliphatic heterocycles. The van der Waals surface area contributed by atoms with Crippen LogP contribution in [-0.2, 0) is 4.79 Å². The van der Waals surface area contributed by atoms with Crippen molar-refractivity contribution in [2.75, 3.05) is 13.7 Å². The first kappa shape index (κ1) is 15.9. The normalized spacial score (nSPS) is 21.1. The summed E-state index contributed by atoms with van der Waals surface area (Å²) in [6.07, 6.45) is 4.83. The van der Waals surface area contributed by atoms with Crippen LogP contribution in [0.2, 0.25) is 0 Å². The van der Waals surface area contributed by atoms with Crippen LogP contribution in [0.1, 0.15) is 32.6 Å². The number of ether oxygens (including phenoxy) is 1. The number of rotatable bonds is 4. The van der Waals surface area contributed by atoms with Gasteiger partial charge in [0.25, 0.3) is 5.91 Å². The number of hydrogen-bond acceptors (Lipinski definition) is 2. The van der Waals surface area contributed by atoms with Gasteiger partial charge in [-0.2, -0.15) is 0 Å². The minimum Gasteiger partial charge on any atom is -0.484 e. The van der Waals surface area contributed by atoms with Crippen molar-refractivity contribution in [1.82, 2.24) is 4.90 Å². The number of fused-ring (bicyclic) bond motifs is 1. The fraction of sp³-hybridized carbons (Fsp3) is 0.450. The molecule has 0 saturated heterocycles. The molecule has 3 nitrogen and oxygen atoms in total. The average molecular weight is 311 g/mol. The van der Waals surface area contributed by atoms with Crippen LogP contribution >= 0.6 is 0 Å². The van der Waals surface area contributed by atoms with E-state index in [1.54, 1.807) is 0 Å². The molecule has 1 saturated carbocycles. The van der Waals surface area contributed by atoms with Gasteiger partial charge in [-0.05, 0) is 41.7 Å². The SMILES string of the molecule is CC1CCCCC1N(C)C(=O)COc1ccc2ccccc2c1. The second kappa shape index (κ2) is 7.03. The predicted octanol–water partition coefficient (Wildman–Crippen LogP) is 4.26. The monoisotopic (exact) mass is 311 g/mol. The third-order valence-electron chi connectivity index (χ3n) is 5.04. The van der Waals surface area contributed by atoms with Crippen LogP contribution in [0.5, 0.6) is 5.75 Å². The summed E-state index contributed by atoms with van der Waals surface area (Å²) >= 11 is 0. The zero-order valence-corrected chi connectivity index (χ0v) is 14.0. The van der Waals surface area contributed by atoms with Crippen LogP contribution in [0.4, 0.5) is 0 Å². The lowest BCUT2D eigenvalue weighted by Gasteiger charge is -2.36. The second-order valence-corrected chi connectivity index (χ2v) is 6.63. The molecule has 1 fully saturated rings. The standard InChI is InChI=1S/C20H25NO2/c1-15-7-3-6-10-19(15)21(2)20(22)14-23-18-12-11-16-8-4-5-9-17(16)13-18/h4-5,8-9,11-13,15,19H,3,6-7,10,14H2,1-2H3. The highest BCUT2D eigenvalue weighted by atomic mass is 16.5. The summed E-state index contributed by atoms with van der Waals surface area (Å²) in [7, 11) is 1.92. The Bertz CT molecular complexity index is 682. The van der Waals surface area contributed by atoms with Crippen LogP contribution in [0.3, 0.4) is 0 Å². The van der Waals surface area contributed by atoms with Crippen LogP contribution in [0.25, 0.3) is 10.8 Å². The maximum Gasteiger partial charge on any atom is 0.260 e. The molecule has 0 radical (unpaired) electrons. The molecule has 2 atom stereocenters. The van der Waals surface area contributed by atoms with E-state index in [0.29, 0.717) is 12.0 Å². The Morgan fingerprint density at radius 1 is 1.13 bits per heavy atom. The third kappa shape index (κ3) is 3.66. The van der Waals surface area contributed by atoms with Crippen molar-refractivity contribution in [1.29, 1.82) is 0 Å². The molecule has 0 heterocycles. The highest BCUT2D eigenvalue weighted by Crippen LogP contribution is 2.27. The first-order valence-corrected chi connectivity index (χ1v) is 8.52. The zero-order chi connectivity index (χ0) is 16.2. The number of nitrogens with zero attached hydrogens (tertiary/aromatic N) is 1. The van der Waals surface area contributed by atoms with Crippen LogP contribution in [-0.4, -0.2) is 30.5 Å². The largest absolute Gasteiger partial charge is 0.484 e. The van der Waals surface area contributed by atoms with E-state index in [4.69, 9.17) is 4.74 Å². The van der Waals surface area contributed by atoms with Crippen molar-refractivity contribution >= 4 is 16.7 Å². The molecular weight excluding hydrogens is 286 g/mol. The summed E-state index contributed by atoms with van der Waals surface area (Å²) in [4.78, 5) is 14.3. The Labute approximate surface area is 138 Å². The minimum atomic E-state index is 0.0666. The fourth-order valence-electron chi connectivity index (χ4n) is 3.56. The number of amides is 1. The van der Waals surface area contributed by atoms with E-state index in [1.807, 2.05) is 42.3 Å². The van der Waals surface area contributed by atoms with Gasteiger partial charge < -0.3 is 9.64 Å². The van der Waals surface area contributed by atoms with Gasteiger partial charge in [0, 0.05) is 13.1 Å². The lowest BCUT2D eigenvalue weighted by Crippen LogP contribution is -2.44. The van der Waals surface area contributed by atoms with Gasteiger partial charge in [0.15, 0.2) is 6.61 Å². The lowest BCUT2D eigenvalue weighted by molar-refractivity contribution is -0.135. The van der Waals surface area contributed by atoms with Crippen molar-refractivity contribution < 1.29 is 9.53 Å². The van der Waals surface area contributed by atoms with Gasteiger partial charge in [-0.3, -0.25) is 4.79 Å². The molecule has 0 spiro atoms. The fourth-order valence-corrected chi connectivity index (χ4v) is 3.56. The summed E-state index contributed by atoms with van der Waals surface area (Å²) in [5.74, 6) is 1.40. The summed E-state index contributed by atoms with van der Waals surface area (Å²) in [5.41, 5.74) is 0. The number of hydrogen-bond donors (Lipinski definition) is 0. The first-order chi connectivity index (χ1) is 11.1. The van der Waals surface area contributed by atoms with E-state index in [-0.39, 0.29) is 12.5 Å². The minimum absolute atomic E-state index is 0.0666. The second-order valence-electron chi connectivity index (χ2n) is 6.63. The lowest BCUT2D eigenvalue weighted by atomic mass is 9.85. The van der Waals surface area contributed by atoms with Gasteiger partial charge >= 0.3 is 0 Å². The number of carbonyl (C=O) groups is 1. The van der Waals surface area contributed by atoms with Crippen molar-refractivity contribution in [3.63, 3.8) is 0 Å². The highest BCUT2D eigenvalue weighted by molar-refractivity contribution is 5.84. The van der Waals surface area contributed by atoms with E-state index in [9.17, 15) is 4.79 Å². The van der Waals surface area contributed by atoms with Gasteiger partial charge in [0.05, 0.1) is 0 Å². The smallest absolute Gasteiger partial charge is 0.260 e. The number of likely N-dealkylation sites (N-methyl/N-ethyl adjacent to an activating group) is 1. The Balaban J connectivity index is 1.61. The molecule has 3 rings (SSSR count). The molecule has 0 bridgehead atoms. The molecule has 1 amide bonds. The maximum atomic E-state index is 12.4. The molecular formula is C20H25NO2. The molecule has 0 N–H and O–H groups in total. The first-order valence-electron chi connectivity index (χ1n) is 8.52. The molecule has 1 aliphatic carbocycles. The van der Waals surface area contributed by atoms with E-state index in [2.05, 4.69) is 19.1 Å². The van der Waals surface area contributed by atoms with Crippen LogP contribution < -0.4 is 4.74 Å². The molecule has 2 unspecified atom stereocenters. The van der Waals surface area contributed by atoms with Gasteiger partial charge in [-0.1, -0.05) is 50.1 Å². The van der Waals surface area contributed by atoms with E-state index in [0.717, 1.165) is 17.6 Å². The van der Waals surface area contributed by atoms with Gasteiger partial charge in [-0.15, -0.1) is 0 Å². The third-order valence-corrected chi connectivity index (χ3v) is 5.04. The van der Waals surface area contributed by atoms with E-state index < -0.39 is 0 Å². The van der Waals surface area contributed by atoms with E-state index >= 15 is 0 Å². The Kier molecular flexibility index (Phi) is 4.85. The topological polar surface area (TPSA) is 29.5 Å². The summed E-state index contributed by atoms with van der Waals surface area (Å²) in [6, 6.07) is 14.5. The van der Waals surface area contributed by atoms with Gasteiger partial charge in [-0.25, -0.2) is 0 Å². The maximum absolute atomic E-state index is 12.4. The quantitative estimate of drug-likeness (QED) is 0.844. The van der Waals surface area contributed by atoms with Crippen LogP contribution in [0, 0.1) is 5.92 Å². The molecule has 23 heavy (non-hydrogen) atoms. The van der Waals surface area contributed by atoms with Gasteiger partial charge in [0.2, 0.25) is 0 Å². The summed E-state index contributed by atoms with van der Waals surface area (Å²) < 4.78 is 5.73. The predicted molar refractivity (Wildman–Crippen MR) is 93.6 cm³/mol. The average Bonchev–Trinajstić information content (AvgIpc) is 2.59. The molecule has 2 aromatic carbocycles. The Hall–Kier alpha value is -2.03. The van der Waals surface area contributed by atoms with Crippen molar-refractivity contribution in [2.45, 2.75) is 38.6 Å². The number of carbonyl (C=O) groups excluding carboxylic acids is 1. The van der Waals surface area contributed by atoms with Crippen LogP contribution in [0.15, 0.2) is 42.5 Å². The van der Waals surface area contributed by atoms with Crippen molar-refractivity contribution in [2.24, 2.45) is 5.92 Å². The van der Waals surface area contributed by atoms with Crippen molar-refractivity contribution in [3.05, 3.63) is 42.5 Å². The summed E-state index contributed by atoms with van der Waals surface area (Å²) in [6.45, 7) is 2.36. The summed E-state index contributed by atoms with van der Waals surface area (Å²) in [5, 5.41) is 2.31. The molecule has 1 aliphatic rings. The van der Waals surface area contributed by atoms with Gasteiger partial charge in [0.1, 0.15) is 5.75 Å².